The maximum atomic E-state index is 12.6. The molecule has 0 atom stereocenters. The predicted octanol–water partition coefficient (Wildman–Crippen LogP) is 4.19. The molecule has 0 spiro atoms. The van der Waals surface area contributed by atoms with E-state index in [0.717, 1.165) is 53.7 Å². The molecule has 1 N–H and O–H groups in total. The highest BCUT2D eigenvalue weighted by molar-refractivity contribution is 8.04. The Hall–Kier alpha value is -1.99. The fourth-order valence-corrected chi connectivity index (χ4v) is 4.94. The van der Waals surface area contributed by atoms with Crippen molar-refractivity contribution in [3.8, 4) is 0 Å². The van der Waals surface area contributed by atoms with Crippen LogP contribution in [0.2, 0.25) is 0 Å². The number of rotatable bonds is 5. The SMILES string of the molecule is Cl.Cl.O=C(NCCCN1CCc2ccccc2C1)C1=Cc2cnc3cccc(n23)S1. The van der Waals surface area contributed by atoms with E-state index in [1.807, 2.05) is 30.5 Å². The van der Waals surface area contributed by atoms with Gasteiger partial charge in [-0.3, -0.25) is 14.1 Å². The lowest BCUT2D eigenvalue weighted by atomic mass is 10.00. The summed E-state index contributed by atoms with van der Waals surface area (Å²) in [5.74, 6) is -0.00144. The highest BCUT2D eigenvalue weighted by Crippen LogP contribution is 2.34. The van der Waals surface area contributed by atoms with Crippen LogP contribution in [0.5, 0.6) is 0 Å². The minimum Gasteiger partial charge on any atom is -0.352 e. The number of nitrogens with zero attached hydrogens (tertiary/aromatic N) is 3. The quantitative estimate of drug-likeness (QED) is 0.577. The average molecular weight is 463 g/mol. The van der Waals surface area contributed by atoms with E-state index < -0.39 is 0 Å². The minimum atomic E-state index is -0.00144. The number of nitrogens with one attached hydrogen (secondary N) is 1. The molecule has 2 aromatic heterocycles. The lowest BCUT2D eigenvalue weighted by molar-refractivity contribution is -0.116. The lowest BCUT2D eigenvalue weighted by Gasteiger charge is -2.28. The third kappa shape index (κ3) is 4.52. The largest absolute Gasteiger partial charge is 0.352 e. The fraction of sp³-hybridized carbons (Fsp3) is 0.273. The van der Waals surface area contributed by atoms with E-state index in [0.29, 0.717) is 6.54 Å². The molecule has 5 rings (SSSR count). The average Bonchev–Trinajstić information content (AvgIpc) is 3.15. The Balaban J connectivity index is 0.00000128. The van der Waals surface area contributed by atoms with Crippen LogP contribution in [0.4, 0.5) is 0 Å². The van der Waals surface area contributed by atoms with Crippen molar-refractivity contribution in [1.29, 1.82) is 0 Å². The van der Waals surface area contributed by atoms with Crippen LogP contribution < -0.4 is 5.32 Å². The lowest BCUT2D eigenvalue weighted by Crippen LogP contribution is -2.34. The van der Waals surface area contributed by atoms with Crippen LogP contribution in [0.25, 0.3) is 11.7 Å². The van der Waals surface area contributed by atoms with Crippen molar-refractivity contribution in [2.24, 2.45) is 0 Å². The van der Waals surface area contributed by atoms with Gasteiger partial charge in [0.1, 0.15) is 5.65 Å². The Morgan fingerprint density at radius 2 is 1.93 bits per heavy atom. The molecule has 0 fully saturated rings. The Kier molecular flexibility index (Phi) is 7.47. The first-order valence-corrected chi connectivity index (χ1v) is 10.5. The van der Waals surface area contributed by atoms with E-state index in [4.69, 9.17) is 0 Å². The maximum Gasteiger partial charge on any atom is 0.258 e. The molecule has 0 unspecified atom stereocenters. The predicted molar refractivity (Wildman–Crippen MR) is 127 cm³/mol. The van der Waals surface area contributed by atoms with Crippen molar-refractivity contribution in [3.05, 3.63) is 70.4 Å². The molecule has 5 nitrogen and oxygen atoms in total. The molecular weight excluding hydrogens is 439 g/mol. The van der Waals surface area contributed by atoms with Gasteiger partial charge in [0.2, 0.25) is 0 Å². The molecule has 0 bridgehead atoms. The zero-order valence-electron chi connectivity index (χ0n) is 16.4. The van der Waals surface area contributed by atoms with Crippen LogP contribution in [-0.4, -0.2) is 39.8 Å². The first-order valence-electron chi connectivity index (χ1n) is 9.71. The number of thioether (sulfide) groups is 1. The standard InChI is InChI=1S/C22H22N4OS.2ClH/c27-22(19-13-18-14-24-20-7-3-8-21(28-19)26(18)20)23-10-4-11-25-12-9-16-5-1-2-6-17(16)15-25;;/h1-3,5-8,13-14H,4,9-12,15H2,(H,23,27);2*1H. The third-order valence-corrected chi connectivity index (χ3v) is 6.44. The van der Waals surface area contributed by atoms with Crippen molar-refractivity contribution in [3.63, 3.8) is 0 Å². The zero-order chi connectivity index (χ0) is 18.9. The van der Waals surface area contributed by atoms with Gasteiger partial charge in [-0.25, -0.2) is 4.98 Å². The van der Waals surface area contributed by atoms with Crippen LogP contribution >= 0.6 is 36.6 Å². The van der Waals surface area contributed by atoms with E-state index in [1.165, 1.54) is 22.9 Å². The van der Waals surface area contributed by atoms with Crippen molar-refractivity contribution < 1.29 is 4.79 Å². The molecule has 0 saturated heterocycles. The van der Waals surface area contributed by atoms with E-state index in [2.05, 4.69) is 43.9 Å². The summed E-state index contributed by atoms with van der Waals surface area (Å²) in [6, 6.07) is 14.7. The molecule has 0 radical (unpaired) electrons. The molecule has 0 saturated carbocycles. The summed E-state index contributed by atoms with van der Waals surface area (Å²) in [4.78, 5) is 20.2. The Bertz CT molecular complexity index is 1080. The van der Waals surface area contributed by atoms with Gasteiger partial charge in [0.25, 0.3) is 5.91 Å². The number of hydrogen-bond acceptors (Lipinski definition) is 4. The van der Waals surface area contributed by atoms with Crippen LogP contribution in [0, 0.1) is 0 Å². The summed E-state index contributed by atoms with van der Waals surface area (Å²) in [6.07, 6.45) is 5.82. The van der Waals surface area contributed by atoms with E-state index >= 15 is 0 Å². The monoisotopic (exact) mass is 462 g/mol. The molecule has 4 heterocycles. The summed E-state index contributed by atoms with van der Waals surface area (Å²) < 4.78 is 2.08. The van der Waals surface area contributed by atoms with Gasteiger partial charge in [-0.05, 0) is 42.2 Å². The van der Waals surface area contributed by atoms with Gasteiger partial charge in [-0.15, -0.1) is 24.8 Å². The number of hydrogen-bond donors (Lipinski definition) is 1. The number of benzene rings is 1. The molecule has 158 valence electrons. The second-order valence-electron chi connectivity index (χ2n) is 7.26. The van der Waals surface area contributed by atoms with Gasteiger partial charge in [-0.2, -0.15) is 0 Å². The number of aromatic nitrogens is 2. The normalized spacial score (nSPS) is 14.9. The molecule has 1 aromatic carbocycles. The maximum absolute atomic E-state index is 12.6. The number of imidazole rings is 1. The first-order chi connectivity index (χ1) is 13.8. The second kappa shape index (κ2) is 9.88. The molecular formula is C22H24Cl2N4OS. The van der Waals surface area contributed by atoms with Gasteiger partial charge in [0.05, 0.1) is 21.8 Å². The second-order valence-corrected chi connectivity index (χ2v) is 8.32. The summed E-state index contributed by atoms with van der Waals surface area (Å²) in [5, 5.41) is 4.11. The van der Waals surface area contributed by atoms with Crippen molar-refractivity contribution in [2.45, 2.75) is 24.4 Å². The van der Waals surface area contributed by atoms with Crippen LogP contribution in [-0.2, 0) is 17.8 Å². The number of carbonyl (C=O) groups is 1. The molecule has 3 aromatic rings. The third-order valence-electron chi connectivity index (χ3n) is 5.38. The van der Waals surface area contributed by atoms with Crippen molar-refractivity contribution in [2.75, 3.05) is 19.6 Å². The van der Waals surface area contributed by atoms with Gasteiger partial charge < -0.3 is 5.32 Å². The topological polar surface area (TPSA) is 49.6 Å². The number of pyridine rings is 1. The van der Waals surface area contributed by atoms with Crippen LogP contribution in [0.3, 0.4) is 0 Å². The van der Waals surface area contributed by atoms with Crippen LogP contribution in [0.1, 0.15) is 23.2 Å². The summed E-state index contributed by atoms with van der Waals surface area (Å²) in [5.41, 5.74) is 4.79. The molecule has 0 aliphatic carbocycles. The summed E-state index contributed by atoms with van der Waals surface area (Å²) in [6.45, 7) is 3.81. The molecule has 30 heavy (non-hydrogen) atoms. The molecule has 2 aliphatic rings. The van der Waals surface area contributed by atoms with Gasteiger partial charge >= 0.3 is 0 Å². The highest BCUT2D eigenvalue weighted by Gasteiger charge is 2.20. The zero-order valence-corrected chi connectivity index (χ0v) is 18.9. The van der Waals surface area contributed by atoms with E-state index in [1.54, 1.807) is 0 Å². The van der Waals surface area contributed by atoms with Crippen LogP contribution in [0.15, 0.2) is 58.6 Å². The smallest absolute Gasteiger partial charge is 0.258 e. The highest BCUT2D eigenvalue weighted by atomic mass is 35.5. The Labute approximate surface area is 192 Å². The molecule has 1 amide bonds. The van der Waals surface area contributed by atoms with Gasteiger partial charge in [0, 0.05) is 26.2 Å². The number of halogens is 2. The number of amides is 1. The van der Waals surface area contributed by atoms with Crippen molar-refractivity contribution >= 4 is 54.2 Å². The minimum absolute atomic E-state index is 0. The van der Waals surface area contributed by atoms with E-state index in [-0.39, 0.29) is 30.7 Å². The first kappa shape index (κ1) is 22.7. The number of fused-ring (bicyclic) bond motifs is 1. The summed E-state index contributed by atoms with van der Waals surface area (Å²) >= 11 is 1.50. The fourth-order valence-electron chi connectivity index (χ4n) is 3.94. The van der Waals surface area contributed by atoms with Crippen molar-refractivity contribution in [1.82, 2.24) is 19.6 Å². The summed E-state index contributed by atoms with van der Waals surface area (Å²) in [7, 11) is 0. The number of carbonyl (C=O) groups excluding carboxylic acids is 1. The Morgan fingerprint density at radius 3 is 2.80 bits per heavy atom. The Morgan fingerprint density at radius 1 is 1.10 bits per heavy atom. The molecule has 8 heteroatoms. The van der Waals surface area contributed by atoms with E-state index in [9.17, 15) is 4.79 Å². The van der Waals surface area contributed by atoms with Gasteiger partial charge in [0.15, 0.2) is 0 Å². The molecule has 2 aliphatic heterocycles. The van der Waals surface area contributed by atoms with Gasteiger partial charge in [-0.1, -0.05) is 42.1 Å².